The van der Waals surface area contributed by atoms with Gasteiger partial charge in [-0.1, -0.05) is 108 Å². The van der Waals surface area contributed by atoms with Gasteiger partial charge in [0.1, 0.15) is 46.3 Å². The summed E-state index contributed by atoms with van der Waals surface area (Å²) in [4.78, 5) is 67.0. The van der Waals surface area contributed by atoms with Crippen molar-refractivity contribution >= 4 is 81.1 Å². The molecular weight excluding hydrogens is 894 g/mol. The average molecular weight is 941 g/mol. The van der Waals surface area contributed by atoms with Crippen LogP contribution < -0.4 is 15.4 Å². The molecule has 1 fully saturated rings. The Morgan fingerprint density at radius 2 is 1.52 bits per heavy atom. The van der Waals surface area contributed by atoms with Crippen molar-refractivity contribution in [2.75, 3.05) is 30.3 Å². The van der Waals surface area contributed by atoms with E-state index in [0.29, 0.717) is 22.2 Å². The monoisotopic (exact) mass is 939 g/mol. The van der Waals surface area contributed by atoms with Crippen LogP contribution in [-0.4, -0.2) is 86.8 Å². The van der Waals surface area contributed by atoms with E-state index in [1.165, 1.54) is 28.0 Å². The van der Waals surface area contributed by atoms with Gasteiger partial charge in [-0.2, -0.15) is 0 Å². The maximum Gasteiger partial charge on any atom is 0.361 e. The van der Waals surface area contributed by atoms with Crippen molar-refractivity contribution in [1.29, 1.82) is 0 Å². The van der Waals surface area contributed by atoms with E-state index < -0.39 is 51.7 Å². The minimum atomic E-state index is -1.24. The predicted molar refractivity (Wildman–Crippen MR) is 251 cm³/mol. The summed E-state index contributed by atoms with van der Waals surface area (Å²) in [6, 6.07) is 35.9. The minimum Gasteiger partial charge on any atom is -0.497 e. The summed E-state index contributed by atoms with van der Waals surface area (Å²) < 4.78 is 16.4. The Hall–Kier alpha value is -5.81. The van der Waals surface area contributed by atoms with Crippen LogP contribution in [0.15, 0.2) is 137 Å². The molecule has 2 N–H and O–H groups in total. The summed E-state index contributed by atoms with van der Waals surface area (Å²) in [6.45, 7) is 5.14. The van der Waals surface area contributed by atoms with E-state index in [1.54, 1.807) is 63.8 Å². The number of benzene rings is 4. The molecular formula is C47H46ClN5O8S3. The molecule has 0 bridgehead atoms. The molecule has 1 aromatic heterocycles. The highest BCUT2D eigenvalue weighted by molar-refractivity contribution is 8.00. The van der Waals surface area contributed by atoms with Gasteiger partial charge >= 0.3 is 11.9 Å². The number of esters is 2. The fraction of sp³-hybridized carbons (Fsp3) is 0.277. The molecule has 4 aromatic carbocycles. The Morgan fingerprint density at radius 3 is 2.05 bits per heavy atom. The highest BCUT2D eigenvalue weighted by Crippen LogP contribution is 2.42. The largest absolute Gasteiger partial charge is 0.497 e. The number of carbonyl (C=O) groups excluding carboxylic acids is 4. The van der Waals surface area contributed by atoms with E-state index in [4.69, 9.17) is 35.6 Å². The SMILES string of the molecule is COc1ccc(COC(=O)C2=C(CCl)CS[C@H]3[C@H](NC(=O)/C(=N\O[C@H](SC)C(=O)OC(C)(C)C)c4csc(NC(c5ccccc5)(c5ccccc5)c5ccccc5)n4)C(=O)N23)cc1. The van der Waals surface area contributed by atoms with Crippen LogP contribution in [0.25, 0.3) is 0 Å². The Kier molecular flexibility index (Phi) is 14.7. The fourth-order valence-corrected chi connectivity index (χ4v) is 9.94. The number of alkyl halides is 1. The summed E-state index contributed by atoms with van der Waals surface area (Å²) in [5.41, 5.74) is 0.954. The number of nitrogens with one attached hydrogen (secondary N) is 2. The molecule has 3 heterocycles. The molecule has 2 aliphatic rings. The molecule has 0 aliphatic carbocycles. The molecule has 332 valence electrons. The number of thiazole rings is 1. The van der Waals surface area contributed by atoms with Crippen molar-refractivity contribution in [2.45, 2.75) is 55.4 Å². The highest BCUT2D eigenvalue weighted by atomic mass is 35.5. The lowest BCUT2D eigenvalue weighted by Crippen LogP contribution is -2.71. The summed E-state index contributed by atoms with van der Waals surface area (Å²) in [7, 11) is 1.56. The molecule has 2 aliphatic heterocycles. The van der Waals surface area contributed by atoms with E-state index in [-0.39, 0.29) is 29.6 Å². The predicted octanol–water partition coefficient (Wildman–Crippen LogP) is 7.94. The second-order valence-corrected chi connectivity index (χ2v) is 18.7. The second-order valence-electron chi connectivity index (χ2n) is 15.5. The lowest BCUT2D eigenvalue weighted by Gasteiger charge is -2.49. The van der Waals surface area contributed by atoms with E-state index in [1.807, 2.05) is 91.0 Å². The summed E-state index contributed by atoms with van der Waals surface area (Å²) >= 11 is 9.90. The van der Waals surface area contributed by atoms with Gasteiger partial charge in [0.2, 0.25) is 0 Å². The molecule has 1 saturated heterocycles. The number of anilines is 1. The van der Waals surface area contributed by atoms with E-state index in [2.05, 4.69) is 15.8 Å². The Bertz CT molecular complexity index is 2420. The van der Waals surface area contributed by atoms with Gasteiger partial charge in [-0.3, -0.25) is 14.5 Å². The number of rotatable bonds is 17. The van der Waals surface area contributed by atoms with Gasteiger partial charge in [0.05, 0.1) is 7.11 Å². The third kappa shape index (κ3) is 10.1. The van der Waals surface area contributed by atoms with Crippen molar-refractivity contribution in [3.8, 4) is 5.75 Å². The molecule has 17 heteroatoms. The number of oxime groups is 1. The van der Waals surface area contributed by atoms with Crippen molar-refractivity contribution in [3.63, 3.8) is 0 Å². The van der Waals surface area contributed by atoms with E-state index in [0.717, 1.165) is 34.0 Å². The van der Waals surface area contributed by atoms with Crippen LogP contribution in [0.4, 0.5) is 5.13 Å². The molecule has 2 amide bonds. The minimum absolute atomic E-state index is 0.00378. The molecule has 5 aromatic rings. The standard InChI is InChI=1S/C47H46ClN5O8S3/c1-46(2,3)60-43(57)44(62-5)61-52-36(35-28-64-45(49-35)51-47(31-15-9-6-10-16-31,32-17-11-7-12-18-32)33-19-13-8-14-20-33)39(54)50-37-40(55)53-38(30(25-48)27-63-41(37)53)42(56)59-26-29-21-23-34(58-4)24-22-29/h6-24,28,37,41,44H,25-27H2,1-5H3,(H,49,51)(H,50,54)/b52-36-/t37-,41+,44-/m1/s1. The first-order valence-corrected chi connectivity index (χ1v) is 23.9. The van der Waals surface area contributed by atoms with E-state index >= 15 is 0 Å². The maximum atomic E-state index is 14.5. The van der Waals surface area contributed by atoms with Gasteiger partial charge in [-0.05, 0) is 67.0 Å². The van der Waals surface area contributed by atoms with Gasteiger partial charge in [0.15, 0.2) is 10.8 Å². The summed E-state index contributed by atoms with van der Waals surface area (Å²) in [6.07, 6.45) is 1.65. The van der Waals surface area contributed by atoms with Gasteiger partial charge in [0.25, 0.3) is 17.3 Å². The van der Waals surface area contributed by atoms with Crippen molar-refractivity contribution in [2.24, 2.45) is 5.16 Å². The number of carbonyl (C=O) groups is 4. The quantitative estimate of drug-likeness (QED) is 0.0177. The number of hydrogen-bond acceptors (Lipinski definition) is 14. The number of hydrogen-bond donors (Lipinski definition) is 2. The number of β-lactam (4-membered cyclic amide) rings is 1. The fourth-order valence-electron chi connectivity index (χ4n) is 7.14. The Morgan fingerprint density at radius 1 is 0.922 bits per heavy atom. The van der Waals surface area contributed by atoms with Crippen LogP contribution in [-0.2, 0) is 45.6 Å². The number of amides is 2. The van der Waals surface area contributed by atoms with Gasteiger partial charge in [0, 0.05) is 17.0 Å². The molecule has 0 unspecified atom stereocenters. The molecule has 7 rings (SSSR count). The van der Waals surface area contributed by atoms with Crippen molar-refractivity contribution in [1.82, 2.24) is 15.2 Å². The molecule has 3 atom stereocenters. The first-order valence-electron chi connectivity index (χ1n) is 20.1. The third-order valence-corrected chi connectivity index (χ3v) is 13.3. The summed E-state index contributed by atoms with van der Waals surface area (Å²) in [5.74, 6) is -1.77. The molecule has 64 heavy (non-hydrogen) atoms. The van der Waals surface area contributed by atoms with Crippen LogP contribution in [0.2, 0.25) is 0 Å². The number of thioether (sulfide) groups is 2. The van der Waals surface area contributed by atoms with Crippen LogP contribution in [0.5, 0.6) is 5.75 Å². The average Bonchev–Trinajstić information content (AvgIpc) is 3.78. The van der Waals surface area contributed by atoms with Crippen LogP contribution in [0.3, 0.4) is 0 Å². The molecule has 0 radical (unpaired) electrons. The van der Waals surface area contributed by atoms with Gasteiger partial charge < -0.3 is 29.7 Å². The number of methoxy groups -OCH3 is 1. The number of aromatic nitrogens is 1. The molecule has 0 spiro atoms. The maximum absolute atomic E-state index is 14.5. The zero-order valence-electron chi connectivity index (χ0n) is 35.6. The smallest absolute Gasteiger partial charge is 0.361 e. The topological polar surface area (TPSA) is 158 Å². The lowest BCUT2D eigenvalue weighted by molar-refractivity contribution is -0.162. The Balaban J connectivity index is 1.18. The number of fused-ring (bicyclic) bond motifs is 1. The van der Waals surface area contributed by atoms with Gasteiger partial charge in [-0.25, -0.2) is 14.6 Å². The first kappa shape index (κ1) is 46.2. The molecule has 0 saturated carbocycles. The van der Waals surface area contributed by atoms with Crippen LogP contribution in [0.1, 0.15) is 48.7 Å². The normalized spacial score (nSPS) is 16.8. The van der Waals surface area contributed by atoms with Crippen LogP contribution in [0, 0.1) is 0 Å². The Labute approximate surface area is 388 Å². The van der Waals surface area contributed by atoms with Gasteiger partial charge in [-0.15, -0.1) is 46.5 Å². The first-order chi connectivity index (χ1) is 30.9. The highest BCUT2D eigenvalue weighted by Gasteiger charge is 2.55. The third-order valence-electron chi connectivity index (χ3n) is 10.1. The summed E-state index contributed by atoms with van der Waals surface area (Å²) in [5, 5.41) is 12.2. The van der Waals surface area contributed by atoms with Crippen LogP contribution >= 0.6 is 46.5 Å². The lowest BCUT2D eigenvalue weighted by atomic mass is 9.77. The zero-order chi connectivity index (χ0) is 45.4. The zero-order valence-corrected chi connectivity index (χ0v) is 38.8. The number of nitrogens with zero attached hydrogens (tertiary/aromatic N) is 3. The van der Waals surface area contributed by atoms with Crippen molar-refractivity contribution < 1.29 is 38.2 Å². The number of ether oxygens (including phenoxy) is 3. The number of halogens is 1. The van der Waals surface area contributed by atoms with E-state index in [9.17, 15) is 19.2 Å². The molecule has 13 nitrogen and oxygen atoms in total. The van der Waals surface area contributed by atoms with Crippen molar-refractivity contribution in [3.05, 3.63) is 160 Å². The second kappa shape index (κ2) is 20.4.